The summed E-state index contributed by atoms with van der Waals surface area (Å²) in [5, 5.41) is 4.10. The van der Waals surface area contributed by atoms with E-state index in [0.717, 1.165) is 16.5 Å². The Hall–Kier alpha value is -2.79. The molecule has 2 amide bonds. The molecule has 1 aromatic heterocycles. The van der Waals surface area contributed by atoms with Crippen LogP contribution in [-0.2, 0) is 6.54 Å². The van der Waals surface area contributed by atoms with Crippen LogP contribution in [0.2, 0.25) is 5.02 Å². The van der Waals surface area contributed by atoms with E-state index in [1.165, 1.54) is 18.2 Å². The number of carbonyl (C=O) groups excluding carboxylic acids is 2. The van der Waals surface area contributed by atoms with Gasteiger partial charge >= 0.3 is 0 Å². The zero-order chi connectivity index (χ0) is 16.4. The Labute approximate surface area is 137 Å². The van der Waals surface area contributed by atoms with E-state index in [0.29, 0.717) is 12.1 Å². The number of amides is 2. The monoisotopic (exact) mass is 327 g/mol. The zero-order valence-corrected chi connectivity index (χ0v) is 12.9. The van der Waals surface area contributed by atoms with Crippen molar-refractivity contribution in [3.8, 4) is 0 Å². The number of aromatic amines is 1. The van der Waals surface area contributed by atoms with Gasteiger partial charge < -0.3 is 16.0 Å². The third-order valence-corrected chi connectivity index (χ3v) is 3.88. The first-order chi connectivity index (χ1) is 11.0. The summed E-state index contributed by atoms with van der Waals surface area (Å²) < 4.78 is 0. The highest BCUT2D eigenvalue weighted by atomic mass is 35.5. The number of nitrogens with one attached hydrogen (secondary N) is 2. The van der Waals surface area contributed by atoms with Crippen molar-refractivity contribution in [2.45, 2.75) is 6.54 Å². The summed E-state index contributed by atoms with van der Waals surface area (Å²) in [5.74, 6) is -0.893. The molecule has 23 heavy (non-hydrogen) atoms. The summed E-state index contributed by atoms with van der Waals surface area (Å²) in [6.45, 7) is 0.392. The smallest absolute Gasteiger partial charge is 0.251 e. The average Bonchev–Trinajstić information content (AvgIpc) is 2.99. The molecule has 0 bridgehead atoms. The molecule has 0 radical (unpaired) electrons. The third kappa shape index (κ3) is 3.19. The highest BCUT2D eigenvalue weighted by Gasteiger charge is 2.11. The SMILES string of the molecule is NC(=O)c1ccc(C(=O)NCc2ccc3cc[nH]c3c2)cc1Cl. The van der Waals surface area contributed by atoms with E-state index >= 15 is 0 Å². The van der Waals surface area contributed by atoms with Crippen molar-refractivity contribution in [1.29, 1.82) is 0 Å². The van der Waals surface area contributed by atoms with E-state index < -0.39 is 5.91 Å². The molecular formula is C17H14ClN3O2. The predicted molar refractivity (Wildman–Crippen MR) is 89.4 cm³/mol. The number of nitrogens with two attached hydrogens (primary N) is 1. The Morgan fingerprint density at radius 2 is 1.96 bits per heavy atom. The van der Waals surface area contributed by atoms with Crippen LogP contribution in [0.4, 0.5) is 0 Å². The van der Waals surface area contributed by atoms with E-state index in [1.54, 1.807) is 0 Å². The predicted octanol–water partition coefficient (Wildman–Crippen LogP) is 2.85. The second-order valence-corrected chi connectivity index (χ2v) is 5.55. The van der Waals surface area contributed by atoms with Crippen LogP contribution in [0.3, 0.4) is 0 Å². The molecular weight excluding hydrogens is 314 g/mol. The van der Waals surface area contributed by atoms with Gasteiger partial charge in [-0.1, -0.05) is 23.7 Å². The van der Waals surface area contributed by atoms with Crippen molar-refractivity contribution in [2.24, 2.45) is 5.73 Å². The summed E-state index contributed by atoms with van der Waals surface area (Å²) in [4.78, 5) is 26.4. The van der Waals surface area contributed by atoms with Crippen LogP contribution in [0.15, 0.2) is 48.7 Å². The molecule has 116 valence electrons. The number of benzene rings is 2. The van der Waals surface area contributed by atoms with Crippen LogP contribution in [0, 0.1) is 0 Å². The third-order valence-electron chi connectivity index (χ3n) is 3.57. The number of rotatable bonds is 4. The van der Waals surface area contributed by atoms with E-state index in [4.69, 9.17) is 17.3 Å². The molecule has 0 saturated carbocycles. The molecule has 0 aliphatic rings. The van der Waals surface area contributed by atoms with Gasteiger partial charge in [0, 0.05) is 23.8 Å². The fraction of sp³-hybridized carbons (Fsp3) is 0.0588. The van der Waals surface area contributed by atoms with Crippen molar-refractivity contribution in [3.05, 3.63) is 70.4 Å². The van der Waals surface area contributed by atoms with Gasteiger partial charge in [0.1, 0.15) is 0 Å². The van der Waals surface area contributed by atoms with Crippen LogP contribution < -0.4 is 11.1 Å². The average molecular weight is 328 g/mol. The topological polar surface area (TPSA) is 88.0 Å². The highest BCUT2D eigenvalue weighted by Crippen LogP contribution is 2.18. The summed E-state index contributed by atoms with van der Waals surface area (Å²) in [6, 6.07) is 12.3. The maximum Gasteiger partial charge on any atom is 0.251 e. The lowest BCUT2D eigenvalue weighted by Gasteiger charge is -2.07. The molecule has 2 aromatic carbocycles. The molecule has 1 heterocycles. The second-order valence-electron chi connectivity index (χ2n) is 5.14. The summed E-state index contributed by atoms with van der Waals surface area (Å²) in [7, 11) is 0. The molecule has 0 atom stereocenters. The Morgan fingerprint density at radius 3 is 2.70 bits per heavy atom. The number of fused-ring (bicyclic) bond motifs is 1. The van der Waals surface area contributed by atoms with Gasteiger partial charge in [0.15, 0.2) is 0 Å². The molecule has 0 fully saturated rings. The zero-order valence-electron chi connectivity index (χ0n) is 12.1. The van der Waals surface area contributed by atoms with E-state index in [1.807, 2.05) is 30.5 Å². The van der Waals surface area contributed by atoms with E-state index in [-0.39, 0.29) is 16.5 Å². The molecule has 0 unspecified atom stereocenters. The number of hydrogen-bond donors (Lipinski definition) is 3. The number of carbonyl (C=O) groups is 2. The lowest BCUT2D eigenvalue weighted by molar-refractivity contribution is 0.0948. The molecule has 0 aliphatic heterocycles. The fourth-order valence-electron chi connectivity index (χ4n) is 2.35. The first-order valence-corrected chi connectivity index (χ1v) is 7.36. The summed E-state index contributed by atoms with van der Waals surface area (Å²) in [5.41, 5.74) is 7.75. The normalized spacial score (nSPS) is 10.7. The minimum absolute atomic E-state index is 0.165. The second kappa shape index (κ2) is 6.14. The van der Waals surface area contributed by atoms with Crippen molar-refractivity contribution in [1.82, 2.24) is 10.3 Å². The maximum atomic E-state index is 12.2. The Bertz CT molecular complexity index is 902. The minimum Gasteiger partial charge on any atom is -0.366 e. The number of H-pyrrole nitrogens is 1. The summed E-state index contributed by atoms with van der Waals surface area (Å²) in [6.07, 6.45) is 1.87. The van der Waals surface area contributed by atoms with Crippen LogP contribution in [-0.4, -0.2) is 16.8 Å². The first-order valence-electron chi connectivity index (χ1n) is 6.98. The first kappa shape index (κ1) is 15.1. The largest absolute Gasteiger partial charge is 0.366 e. The lowest BCUT2D eigenvalue weighted by atomic mass is 10.1. The minimum atomic E-state index is -0.624. The van der Waals surface area contributed by atoms with E-state index in [9.17, 15) is 9.59 Å². The van der Waals surface area contributed by atoms with Crippen LogP contribution in [0.1, 0.15) is 26.3 Å². The maximum absolute atomic E-state index is 12.2. The highest BCUT2D eigenvalue weighted by molar-refractivity contribution is 6.34. The van der Waals surface area contributed by atoms with Gasteiger partial charge in [0.2, 0.25) is 5.91 Å². The fourth-order valence-corrected chi connectivity index (χ4v) is 2.62. The van der Waals surface area contributed by atoms with Crippen LogP contribution in [0.25, 0.3) is 10.9 Å². The molecule has 3 aromatic rings. The van der Waals surface area contributed by atoms with Crippen molar-refractivity contribution in [2.75, 3.05) is 0 Å². The summed E-state index contributed by atoms with van der Waals surface area (Å²) >= 11 is 5.95. The van der Waals surface area contributed by atoms with E-state index in [2.05, 4.69) is 10.3 Å². The van der Waals surface area contributed by atoms with Crippen molar-refractivity contribution < 1.29 is 9.59 Å². The van der Waals surface area contributed by atoms with Gasteiger partial charge in [0.25, 0.3) is 5.91 Å². The van der Waals surface area contributed by atoms with Crippen molar-refractivity contribution >= 4 is 34.3 Å². The Morgan fingerprint density at radius 1 is 1.13 bits per heavy atom. The molecule has 5 nitrogen and oxygen atoms in total. The standard InChI is InChI=1S/C17H14ClN3O2/c18-14-8-12(3-4-13(14)16(19)22)17(23)21-9-10-1-2-11-5-6-20-15(11)7-10/h1-8,20H,9H2,(H2,19,22)(H,21,23). The van der Waals surface area contributed by atoms with Crippen molar-refractivity contribution in [3.63, 3.8) is 0 Å². The molecule has 4 N–H and O–H groups in total. The number of halogens is 1. The van der Waals surface area contributed by atoms with Gasteiger partial charge in [-0.3, -0.25) is 9.59 Å². The molecule has 3 rings (SSSR count). The molecule has 0 aliphatic carbocycles. The van der Waals surface area contributed by atoms with Crippen LogP contribution in [0.5, 0.6) is 0 Å². The Balaban J connectivity index is 1.71. The van der Waals surface area contributed by atoms with Gasteiger partial charge in [-0.2, -0.15) is 0 Å². The van der Waals surface area contributed by atoms with Gasteiger partial charge in [-0.25, -0.2) is 0 Å². The van der Waals surface area contributed by atoms with Crippen LogP contribution >= 0.6 is 11.6 Å². The molecule has 0 spiro atoms. The Kier molecular flexibility index (Phi) is 4.04. The number of aromatic nitrogens is 1. The quantitative estimate of drug-likeness (QED) is 0.688. The molecule has 0 saturated heterocycles. The van der Waals surface area contributed by atoms with Gasteiger partial charge in [-0.15, -0.1) is 0 Å². The number of primary amides is 1. The van der Waals surface area contributed by atoms with Gasteiger partial charge in [-0.05, 0) is 41.3 Å². The molecule has 6 heteroatoms. The van der Waals surface area contributed by atoms with Gasteiger partial charge in [0.05, 0.1) is 10.6 Å². The number of hydrogen-bond acceptors (Lipinski definition) is 2. The lowest BCUT2D eigenvalue weighted by Crippen LogP contribution is -2.23.